The molecule has 12 nitrogen and oxygen atoms in total. The van der Waals surface area contributed by atoms with E-state index in [2.05, 4.69) is 0 Å². The standard InChI is InChI=1S/C20H19N5O7/c1-21(2)20(22-5-7-32-8-6-22)19-15-9-12(23(26)27)3-4-14(15)18-16(19)10-13(24(28)29)11-17(18)25(30)31/h3-4,9-11H,5-8H2,1-2H3/b20-19+. The zero-order valence-corrected chi connectivity index (χ0v) is 17.3. The van der Waals surface area contributed by atoms with Gasteiger partial charge in [0.25, 0.3) is 17.1 Å². The number of morpholine rings is 1. The highest BCUT2D eigenvalue weighted by molar-refractivity contribution is 6.06. The average Bonchev–Trinajstić information content (AvgIpc) is 3.07. The van der Waals surface area contributed by atoms with Crippen molar-refractivity contribution in [2.75, 3.05) is 40.4 Å². The number of nitro groups is 3. The van der Waals surface area contributed by atoms with E-state index in [4.69, 9.17) is 4.74 Å². The largest absolute Gasteiger partial charge is 0.378 e. The predicted octanol–water partition coefficient (Wildman–Crippen LogP) is 3.00. The van der Waals surface area contributed by atoms with Gasteiger partial charge in [0.1, 0.15) is 5.82 Å². The van der Waals surface area contributed by atoms with E-state index in [1.807, 2.05) is 9.80 Å². The molecule has 32 heavy (non-hydrogen) atoms. The molecule has 2 aliphatic rings. The zero-order valence-electron chi connectivity index (χ0n) is 17.3. The number of rotatable bonds is 5. The number of ether oxygens (including phenoxy) is 1. The molecule has 0 spiro atoms. The first-order valence-corrected chi connectivity index (χ1v) is 9.71. The van der Waals surface area contributed by atoms with E-state index in [0.29, 0.717) is 54.4 Å². The maximum absolute atomic E-state index is 11.9. The first-order valence-electron chi connectivity index (χ1n) is 9.71. The zero-order chi connectivity index (χ0) is 23.2. The summed E-state index contributed by atoms with van der Waals surface area (Å²) in [5, 5.41) is 34.9. The van der Waals surface area contributed by atoms with Crippen molar-refractivity contribution in [1.29, 1.82) is 0 Å². The summed E-state index contributed by atoms with van der Waals surface area (Å²) in [7, 11) is 3.58. The van der Waals surface area contributed by atoms with Gasteiger partial charge in [0.05, 0.1) is 39.6 Å². The molecule has 0 aromatic heterocycles. The summed E-state index contributed by atoms with van der Waals surface area (Å²) < 4.78 is 5.43. The van der Waals surface area contributed by atoms with Crippen molar-refractivity contribution in [3.63, 3.8) is 0 Å². The number of non-ortho nitro benzene ring substituents is 2. The van der Waals surface area contributed by atoms with Crippen LogP contribution in [0.2, 0.25) is 0 Å². The molecule has 166 valence electrons. The van der Waals surface area contributed by atoms with E-state index in [0.717, 1.165) is 6.07 Å². The molecule has 1 fully saturated rings. The Morgan fingerprint density at radius 3 is 2.06 bits per heavy atom. The summed E-state index contributed by atoms with van der Waals surface area (Å²) in [4.78, 5) is 36.8. The minimum absolute atomic E-state index is 0.175. The SMILES string of the molecule is CN(C)/C(=C1/c2cc([N+](=O)[O-])ccc2-c2c1cc([N+](=O)[O-])cc2[N+](=O)[O-])N1CCOCC1. The molecule has 2 aromatic rings. The highest BCUT2D eigenvalue weighted by atomic mass is 16.6. The van der Waals surface area contributed by atoms with Gasteiger partial charge in [-0.15, -0.1) is 0 Å². The van der Waals surface area contributed by atoms with Crippen LogP contribution in [0.4, 0.5) is 17.1 Å². The van der Waals surface area contributed by atoms with E-state index >= 15 is 0 Å². The molecule has 4 rings (SSSR count). The maximum Gasteiger partial charge on any atom is 0.284 e. The van der Waals surface area contributed by atoms with Crippen molar-refractivity contribution >= 4 is 22.6 Å². The molecule has 0 atom stereocenters. The fraction of sp³-hybridized carbons (Fsp3) is 0.300. The molecule has 1 saturated heterocycles. The lowest BCUT2D eigenvalue weighted by Gasteiger charge is -2.36. The fourth-order valence-electron chi connectivity index (χ4n) is 4.24. The first-order chi connectivity index (χ1) is 15.2. The molecule has 0 amide bonds. The van der Waals surface area contributed by atoms with Crippen LogP contribution in [0.25, 0.3) is 16.7 Å². The molecule has 0 unspecified atom stereocenters. The third-order valence-electron chi connectivity index (χ3n) is 5.49. The van der Waals surface area contributed by atoms with Crippen molar-refractivity contribution in [2.24, 2.45) is 0 Å². The molecule has 0 radical (unpaired) electrons. The summed E-state index contributed by atoms with van der Waals surface area (Å²) >= 11 is 0. The van der Waals surface area contributed by atoms with Gasteiger partial charge >= 0.3 is 0 Å². The highest BCUT2D eigenvalue weighted by Crippen LogP contribution is 2.52. The molecule has 1 aliphatic carbocycles. The highest BCUT2D eigenvalue weighted by Gasteiger charge is 2.38. The Morgan fingerprint density at radius 1 is 0.875 bits per heavy atom. The molecule has 1 heterocycles. The Labute approximate surface area is 181 Å². The average molecular weight is 441 g/mol. The van der Waals surface area contributed by atoms with E-state index in [1.165, 1.54) is 24.3 Å². The number of fused-ring (bicyclic) bond motifs is 3. The monoisotopic (exact) mass is 441 g/mol. The van der Waals surface area contributed by atoms with E-state index in [9.17, 15) is 30.3 Å². The maximum atomic E-state index is 11.9. The van der Waals surface area contributed by atoms with Gasteiger partial charge in [-0.1, -0.05) is 0 Å². The molecule has 2 aromatic carbocycles. The summed E-state index contributed by atoms with van der Waals surface area (Å²) in [5.74, 6) is 0.656. The Kier molecular flexibility index (Phi) is 5.22. The first kappa shape index (κ1) is 21.2. The molecule has 0 bridgehead atoms. The number of hydrogen-bond donors (Lipinski definition) is 0. The van der Waals surface area contributed by atoms with E-state index in [-0.39, 0.29) is 11.3 Å². The second-order valence-electron chi connectivity index (χ2n) is 7.58. The van der Waals surface area contributed by atoms with Gasteiger partial charge in [0.2, 0.25) is 0 Å². The quantitative estimate of drug-likeness (QED) is 0.431. The molecular formula is C20H19N5O7. The Bertz CT molecular complexity index is 1190. The van der Waals surface area contributed by atoms with Crippen LogP contribution >= 0.6 is 0 Å². The van der Waals surface area contributed by atoms with Crippen LogP contribution in [0.5, 0.6) is 0 Å². The van der Waals surface area contributed by atoms with Crippen LogP contribution in [0.15, 0.2) is 36.2 Å². The molecule has 12 heteroatoms. The normalized spacial score (nSPS) is 16.2. The van der Waals surface area contributed by atoms with Crippen LogP contribution < -0.4 is 0 Å². The lowest BCUT2D eigenvalue weighted by Crippen LogP contribution is -2.40. The summed E-state index contributed by atoms with van der Waals surface area (Å²) in [6, 6.07) is 6.33. The lowest BCUT2D eigenvalue weighted by atomic mass is 10.0. The number of hydrogen-bond acceptors (Lipinski definition) is 9. The van der Waals surface area contributed by atoms with Gasteiger partial charge in [-0.3, -0.25) is 30.3 Å². The van der Waals surface area contributed by atoms with Gasteiger partial charge in [0.15, 0.2) is 0 Å². The van der Waals surface area contributed by atoms with Crippen LogP contribution in [0.1, 0.15) is 11.1 Å². The van der Waals surface area contributed by atoms with Gasteiger partial charge in [-0.25, -0.2) is 0 Å². The van der Waals surface area contributed by atoms with E-state index < -0.39 is 26.1 Å². The van der Waals surface area contributed by atoms with Gasteiger partial charge in [0, 0.05) is 62.1 Å². The third kappa shape index (κ3) is 3.39. The van der Waals surface area contributed by atoms with Crippen molar-refractivity contribution in [3.8, 4) is 11.1 Å². The number of benzene rings is 2. The summed E-state index contributed by atoms with van der Waals surface area (Å²) in [6.07, 6.45) is 0. The molecule has 0 N–H and O–H groups in total. The third-order valence-corrected chi connectivity index (χ3v) is 5.49. The Hall–Kier alpha value is -4.06. The van der Waals surface area contributed by atoms with E-state index in [1.54, 1.807) is 14.1 Å². The van der Waals surface area contributed by atoms with Crippen LogP contribution in [0, 0.1) is 30.3 Å². The predicted molar refractivity (Wildman–Crippen MR) is 114 cm³/mol. The lowest BCUT2D eigenvalue weighted by molar-refractivity contribution is -0.393. The van der Waals surface area contributed by atoms with Gasteiger partial charge < -0.3 is 14.5 Å². The van der Waals surface area contributed by atoms with Crippen LogP contribution in [-0.4, -0.2) is 65.0 Å². The minimum atomic E-state index is -0.680. The molecule has 1 aliphatic heterocycles. The second-order valence-corrected chi connectivity index (χ2v) is 7.58. The van der Waals surface area contributed by atoms with Crippen molar-refractivity contribution in [1.82, 2.24) is 9.80 Å². The second kappa shape index (κ2) is 7.89. The summed E-state index contributed by atoms with van der Waals surface area (Å²) in [6.45, 7) is 2.00. The Balaban J connectivity index is 2.13. The van der Waals surface area contributed by atoms with Crippen LogP contribution in [0.3, 0.4) is 0 Å². The van der Waals surface area contributed by atoms with Gasteiger partial charge in [-0.05, 0) is 11.6 Å². The summed E-state index contributed by atoms with van der Waals surface area (Å²) in [5.41, 5.74) is 0.839. The van der Waals surface area contributed by atoms with Crippen LogP contribution in [-0.2, 0) is 4.74 Å². The number of nitro benzene ring substituents is 3. The van der Waals surface area contributed by atoms with Crippen molar-refractivity contribution in [3.05, 3.63) is 77.6 Å². The topological polar surface area (TPSA) is 145 Å². The molecular weight excluding hydrogens is 422 g/mol. The Morgan fingerprint density at radius 2 is 1.50 bits per heavy atom. The van der Waals surface area contributed by atoms with Crippen molar-refractivity contribution in [2.45, 2.75) is 0 Å². The van der Waals surface area contributed by atoms with Gasteiger partial charge in [-0.2, -0.15) is 0 Å². The van der Waals surface area contributed by atoms with Crippen molar-refractivity contribution < 1.29 is 19.5 Å². The minimum Gasteiger partial charge on any atom is -0.378 e. The smallest absolute Gasteiger partial charge is 0.284 e. The molecule has 0 saturated carbocycles. The fourth-order valence-corrected chi connectivity index (χ4v) is 4.24. The number of nitrogens with zero attached hydrogens (tertiary/aromatic N) is 5.